The van der Waals surface area contributed by atoms with E-state index in [0.29, 0.717) is 0 Å². The Morgan fingerprint density at radius 1 is 0.765 bits per heavy atom. The summed E-state index contributed by atoms with van der Waals surface area (Å²) >= 11 is 2.68. The Hall–Kier alpha value is 0.907. The molecule has 0 aliphatic carbocycles. The van der Waals surface area contributed by atoms with E-state index in [1.165, 1.54) is 63.5 Å². The van der Waals surface area contributed by atoms with E-state index in [0.717, 1.165) is 6.61 Å². The van der Waals surface area contributed by atoms with Crippen molar-refractivity contribution in [2.75, 3.05) is 6.61 Å². The molecule has 1 nitrogen and oxygen atoms in total. The molecule has 0 bridgehead atoms. The average Bonchev–Trinajstić information content (AvgIpc) is 2.32. The van der Waals surface area contributed by atoms with Crippen molar-refractivity contribution in [3.05, 3.63) is 0 Å². The molecular weight excluding hydrogens is 339 g/mol. The Labute approximate surface area is 122 Å². The maximum absolute atomic E-state index is 6.08. The highest BCUT2D eigenvalue weighted by atomic mass is 127. The van der Waals surface area contributed by atoms with Crippen molar-refractivity contribution in [3.8, 4) is 0 Å². The molecule has 0 amide bonds. The van der Waals surface area contributed by atoms with Crippen molar-refractivity contribution < 1.29 is 4.43 Å². The lowest BCUT2D eigenvalue weighted by Crippen LogP contribution is -2.30. The molecule has 1 unspecified atom stereocenters. The third kappa shape index (κ3) is 10.5. The molecule has 0 N–H and O–H groups in total. The first-order valence-corrected chi connectivity index (χ1v) is 12.9. The number of unbranched alkanes of at least 4 members (excludes halogenated alkanes) is 6. The van der Waals surface area contributed by atoms with Crippen LogP contribution in [0, 0.1) is 0 Å². The molecule has 0 saturated carbocycles. The number of hydrogen-bond donors (Lipinski definition) is 0. The summed E-state index contributed by atoms with van der Waals surface area (Å²) in [7, 11) is 0. The molecule has 0 heterocycles. The Kier molecular flexibility index (Phi) is 12.6. The zero-order chi connectivity index (χ0) is 13.0. The van der Waals surface area contributed by atoms with E-state index in [-0.39, 0.29) is 0 Å². The fourth-order valence-electron chi connectivity index (χ4n) is 2.14. The van der Waals surface area contributed by atoms with Gasteiger partial charge in [0.05, 0.1) is 0 Å². The molecule has 0 fully saturated rings. The van der Waals surface area contributed by atoms with E-state index >= 15 is 0 Å². The van der Waals surface area contributed by atoms with Crippen molar-refractivity contribution >= 4 is 27.6 Å². The summed E-state index contributed by atoms with van der Waals surface area (Å²) in [6, 6.07) is 2.72. The number of rotatable bonds is 12. The minimum absolute atomic E-state index is 0.911. The maximum Gasteiger partial charge on any atom is 0.258 e. The highest BCUT2D eigenvalue weighted by Gasteiger charge is 2.29. The van der Waals surface area contributed by atoms with Gasteiger partial charge < -0.3 is 4.43 Å². The van der Waals surface area contributed by atoms with Crippen molar-refractivity contribution in [2.24, 2.45) is 0 Å². The molecule has 0 aromatic heterocycles. The second-order valence-corrected chi connectivity index (χ2v) is 13.9. The maximum atomic E-state index is 6.08. The molecule has 0 aromatic rings. The second kappa shape index (κ2) is 12.0. The van der Waals surface area contributed by atoms with E-state index in [4.69, 9.17) is 4.43 Å². The van der Waals surface area contributed by atoms with Crippen LogP contribution < -0.4 is 0 Å². The van der Waals surface area contributed by atoms with Gasteiger partial charge in [0, 0.05) is 6.61 Å². The van der Waals surface area contributed by atoms with E-state index in [1.807, 2.05) is 0 Å². The molecule has 17 heavy (non-hydrogen) atoms. The highest BCUT2D eigenvalue weighted by Crippen LogP contribution is 2.30. The Morgan fingerprint density at radius 3 is 1.88 bits per heavy atom. The summed E-state index contributed by atoms with van der Waals surface area (Å²) in [6.45, 7) is 7.62. The molecule has 0 aliphatic heterocycles. The van der Waals surface area contributed by atoms with Crippen LogP contribution in [0.4, 0.5) is 0 Å². The van der Waals surface area contributed by atoms with Gasteiger partial charge in [-0.1, -0.05) is 87.0 Å². The Bertz CT molecular complexity index is 166. The molecule has 1 atom stereocenters. The van der Waals surface area contributed by atoms with Crippen molar-refractivity contribution in [2.45, 2.75) is 84.2 Å². The zero-order valence-corrected chi connectivity index (χ0v) is 15.2. The van der Waals surface area contributed by atoms with E-state index in [9.17, 15) is 0 Å². The van der Waals surface area contributed by atoms with Crippen LogP contribution in [0.2, 0.25) is 12.1 Å². The van der Waals surface area contributed by atoms with Gasteiger partial charge in [0.25, 0.3) is 5.81 Å². The van der Waals surface area contributed by atoms with Gasteiger partial charge in [-0.3, -0.25) is 0 Å². The first kappa shape index (κ1) is 17.9. The van der Waals surface area contributed by atoms with Gasteiger partial charge in [0.1, 0.15) is 0 Å². The lowest BCUT2D eigenvalue weighted by molar-refractivity contribution is 0.335. The predicted octanol–water partition coefficient (Wildman–Crippen LogP) is 6.06. The SMILES string of the molecule is CCCCCCCC[Si](I)(CCCC)OCC. The topological polar surface area (TPSA) is 9.23 Å². The quantitative estimate of drug-likeness (QED) is 0.176. The normalized spacial score (nSPS) is 14.8. The minimum Gasteiger partial charge on any atom is -0.407 e. The molecule has 0 aliphatic rings. The van der Waals surface area contributed by atoms with Gasteiger partial charge in [-0.15, -0.1) is 0 Å². The monoisotopic (exact) mass is 370 g/mol. The van der Waals surface area contributed by atoms with Crippen molar-refractivity contribution in [1.82, 2.24) is 0 Å². The Balaban J connectivity index is 3.68. The summed E-state index contributed by atoms with van der Waals surface area (Å²) in [5.41, 5.74) is 0. The highest BCUT2D eigenvalue weighted by molar-refractivity contribution is 14.1. The van der Waals surface area contributed by atoms with Crippen LogP contribution >= 0.6 is 21.8 Å². The van der Waals surface area contributed by atoms with Gasteiger partial charge in [-0.2, -0.15) is 0 Å². The summed E-state index contributed by atoms with van der Waals surface area (Å²) in [6.07, 6.45) is 11.1. The molecule has 104 valence electrons. The summed E-state index contributed by atoms with van der Waals surface area (Å²) < 4.78 is 6.08. The zero-order valence-electron chi connectivity index (χ0n) is 12.1. The molecule has 0 aromatic carbocycles. The van der Waals surface area contributed by atoms with Crippen LogP contribution in [-0.2, 0) is 4.43 Å². The average molecular weight is 370 g/mol. The second-order valence-electron chi connectivity index (χ2n) is 4.94. The van der Waals surface area contributed by atoms with Crippen LogP contribution in [-0.4, -0.2) is 12.4 Å². The minimum atomic E-state index is -1.37. The lowest BCUT2D eigenvalue weighted by atomic mass is 10.1. The van der Waals surface area contributed by atoms with Crippen molar-refractivity contribution in [3.63, 3.8) is 0 Å². The number of halogens is 1. The standard InChI is InChI=1S/C14H31IOSi/c1-4-7-9-10-11-12-14-17(15,16-6-3)13-8-5-2/h4-14H2,1-3H3. The molecule has 0 rings (SSSR count). The van der Waals surface area contributed by atoms with Gasteiger partial charge in [0.15, 0.2) is 0 Å². The van der Waals surface area contributed by atoms with Gasteiger partial charge in [-0.25, -0.2) is 0 Å². The fourth-order valence-corrected chi connectivity index (χ4v) is 8.08. The van der Waals surface area contributed by atoms with Gasteiger partial charge >= 0.3 is 0 Å². The van der Waals surface area contributed by atoms with Crippen LogP contribution in [0.25, 0.3) is 0 Å². The molecule has 0 saturated heterocycles. The van der Waals surface area contributed by atoms with Crippen LogP contribution in [0.15, 0.2) is 0 Å². The third-order valence-corrected chi connectivity index (χ3v) is 10.4. The van der Waals surface area contributed by atoms with E-state index in [1.54, 1.807) is 0 Å². The first-order valence-electron chi connectivity index (χ1n) is 7.51. The summed E-state index contributed by atoms with van der Waals surface area (Å²) in [4.78, 5) is 0. The van der Waals surface area contributed by atoms with E-state index in [2.05, 4.69) is 42.6 Å². The van der Waals surface area contributed by atoms with Crippen molar-refractivity contribution in [1.29, 1.82) is 0 Å². The summed E-state index contributed by atoms with van der Waals surface area (Å²) in [5, 5.41) is 0. The van der Waals surface area contributed by atoms with Gasteiger partial charge in [0.2, 0.25) is 0 Å². The molecule has 0 radical (unpaired) electrons. The fraction of sp³-hybridized carbons (Fsp3) is 1.00. The first-order chi connectivity index (χ1) is 8.18. The predicted molar refractivity (Wildman–Crippen MR) is 89.3 cm³/mol. The summed E-state index contributed by atoms with van der Waals surface area (Å²) in [5.74, 6) is -1.37. The van der Waals surface area contributed by atoms with Crippen LogP contribution in [0.3, 0.4) is 0 Å². The van der Waals surface area contributed by atoms with Crippen LogP contribution in [0.5, 0.6) is 0 Å². The molecule has 3 heteroatoms. The molecule has 0 spiro atoms. The smallest absolute Gasteiger partial charge is 0.258 e. The Morgan fingerprint density at radius 2 is 1.29 bits per heavy atom. The van der Waals surface area contributed by atoms with Gasteiger partial charge in [-0.05, 0) is 19.0 Å². The third-order valence-electron chi connectivity index (χ3n) is 3.21. The van der Waals surface area contributed by atoms with E-state index < -0.39 is 5.81 Å². The lowest BCUT2D eigenvalue weighted by Gasteiger charge is -2.24. The molecular formula is C14H31IOSi. The number of hydrogen-bond acceptors (Lipinski definition) is 1. The largest absolute Gasteiger partial charge is 0.407 e. The van der Waals surface area contributed by atoms with Crippen LogP contribution in [0.1, 0.15) is 72.1 Å².